The van der Waals surface area contributed by atoms with Crippen LogP contribution in [0.4, 0.5) is 34.1 Å². The molecular formula is C50H40N2. The lowest BCUT2D eigenvalue weighted by atomic mass is 9.98. The Morgan fingerprint density at radius 2 is 0.827 bits per heavy atom. The van der Waals surface area contributed by atoms with Crippen LogP contribution in [0.1, 0.15) is 29.2 Å². The molecular weight excluding hydrogens is 629 g/mol. The van der Waals surface area contributed by atoms with Gasteiger partial charge in [0.15, 0.2) is 0 Å². The van der Waals surface area contributed by atoms with Crippen molar-refractivity contribution in [3.8, 4) is 0 Å². The molecule has 0 heterocycles. The third-order valence-electron chi connectivity index (χ3n) is 9.58. The second kappa shape index (κ2) is 14.7. The highest BCUT2D eigenvalue weighted by atomic mass is 15.2. The van der Waals surface area contributed by atoms with Crippen LogP contribution in [-0.4, -0.2) is 0 Å². The van der Waals surface area contributed by atoms with Crippen molar-refractivity contribution in [2.75, 3.05) is 9.80 Å². The smallest absolute Gasteiger partial charge is 0.0541 e. The molecule has 250 valence electrons. The quantitative estimate of drug-likeness (QED) is 0.141. The molecule has 0 aliphatic heterocycles. The summed E-state index contributed by atoms with van der Waals surface area (Å²) >= 11 is 0. The van der Waals surface area contributed by atoms with Crippen molar-refractivity contribution in [2.45, 2.75) is 13.8 Å². The zero-order valence-corrected chi connectivity index (χ0v) is 29.5. The molecule has 0 bridgehead atoms. The number of rotatable bonds is 9. The van der Waals surface area contributed by atoms with Crippen molar-refractivity contribution in [3.63, 3.8) is 0 Å². The Balaban J connectivity index is 1.45. The molecule has 8 aromatic rings. The van der Waals surface area contributed by atoms with Gasteiger partial charge in [-0.1, -0.05) is 163 Å². The van der Waals surface area contributed by atoms with Crippen LogP contribution in [0.2, 0.25) is 0 Å². The monoisotopic (exact) mass is 668 g/mol. The maximum atomic E-state index is 2.42. The molecule has 0 aliphatic rings. The molecule has 2 heteroatoms. The third-order valence-corrected chi connectivity index (χ3v) is 9.58. The molecule has 0 N–H and O–H groups in total. The van der Waals surface area contributed by atoms with E-state index in [0.29, 0.717) is 0 Å². The number of aryl methyl sites for hydroxylation is 1. The standard InChI is InChI=1S/C50H40N2/c1-3-16-41-35-50(52(44-23-8-5-9-24-44)48-28-15-20-40-18-11-13-26-46(40)48)42(34-33-38-31-29-37(2)30-32-38)36-49(41)51(43-21-6-4-7-22-43)47-27-14-19-39-17-10-12-25-45(39)47/h3-36H,1-2H3/b16-3+,34-33+. The molecule has 0 unspecified atom stereocenters. The minimum absolute atomic E-state index is 1.09. The number of anilines is 6. The summed E-state index contributed by atoms with van der Waals surface area (Å²) in [5, 5.41) is 4.80. The van der Waals surface area contributed by atoms with Crippen LogP contribution >= 0.6 is 0 Å². The van der Waals surface area contributed by atoms with Crippen molar-refractivity contribution < 1.29 is 0 Å². The zero-order valence-electron chi connectivity index (χ0n) is 29.5. The minimum atomic E-state index is 1.09. The zero-order chi connectivity index (χ0) is 35.3. The molecule has 0 atom stereocenters. The Morgan fingerprint density at radius 3 is 1.33 bits per heavy atom. The van der Waals surface area contributed by atoms with E-state index in [1.54, 1.807) is 0 Å². The van der Waals surface area contributed by atoms with Gasteiger partial charge in [0.05, 0.1) is 22.7 Å². The van der Waals surface area contributed by atoms with Gasteiger partial charge in [-0.05, 0) is 78.7 Å². The van der Waals surface area contributed by atoms with Gasteiger partial charge in [-0.3, -0.25) is 0 Å². The lowest BCUT2D eigenvalue weighted by molar-refractivity contribution is 1.25. The second-order valence-electron chi connectivity index (χ2n) is 13.1. The molecule has 0 saturated heterocycles. The number of nitrogens with zero attached hydrogens (tertiary/aromatic N) is 2. The maximum Gasteiger partial charge on any atom is 0.0541 e. The molecule has 0 fully saturated rings. The molecule has 0 spiro atoms. The Morgan fingerprint density at radius 1 is 0.385 bits per heavy atom. The van der Waals surface area contributed by atoms with Crippen LogP contribution in [0.15, 0.2) is 188 Å². The minimum Gasteiger partial charge on any atom is -0.309 e. The van der Waals surface area contributed by atoms with Gasteiger partial charge < -0.3 is 9.80 Å². The van der Waals surface area contributed by atoms with Crippen molar-refractivity contribution in [2.24, 2.45) is 0 Å². The van der Waals surface area contributed by atoms with Crippen molar-refractivity contribution in [1.29, 1.82) is 0 Å². The largest absolute Gasteiger partial charge is 0.309 e. The fourth-order valence-electron chi connectivity index (χ4n) is 7.08. The van der Waals surface area contributed by atoms with E-state index in [1.165, 1.54) is 27.1 Å². The predicted molar refractivity (Wildman–Crippen MR) is 226 cm³/mol. The summed E-state index contributed by atoms with van der Waals surface area (Å²) in [5.74, 6) is 0. The highest BCUT2D eigenvalue weighted by molar-refractivity contribution is 6.03. The summed E-state index contributed by atoms with van der Waals surface area (Å²) in [4.78, 5) is 4.83. The van der Waals surface area contributed by atoms with Crippen molar-refractivity contribution >= 4 is 73.9 Å². The molecule has 8 aromatic carbocycles. The van der Waals surface area contributed by atoms with Crippen LogP contribution in [0.25, 0.3) is 39.8 Å². The van der Waals surface area contributed by atoms with Crippen LogP contribution in [0.5, 0.6) is 0 Å². The van der Waals surface area contributed by atoms with E-state index in [2.05, 4.69) is 230 Å². The molecule has 0 radical (unpaired) electrons. The summed E-state index contributed by atoms with van der Waals surface area (Å²) < 4.78 is 0. The predicted octanol–water partition coefficient (Wildman–Crippen LogP) is 14.4. The lowest BCUT2D eigenvalue weighted by Gasteiger charge is -2.32. The Labute approximate surface area is 306 Å². The Kier molecular flexibility index (Phi) is 9.19. The van der Waals surface area contributed by atoms with E-state index < -0.39 is 0 Å². The molecule has 0 amide bonds. The molecule has 2 nitrogen and oxygen atoms in total. The van der Waals surface area contributed by atoms with Gasteiger partial charge in [-0.2, -0.15) is 0 Å². The Bertz CT molecular complexity index is 2520. The van der Waals surface area contributed by atoms with Crippen molar-refractivity contribution in [3.05, 3.63) is 210 Å². The fourth-order valence-corrected chi connectivity index (χ4v) is 7.08. The summed E-state index contributed by atoms with van der Waals surface area (Å²) in [6, 6.07) is 65.4. The normalized spacial score (nSPS) is 11.5. The van der Waals surface area contributed by atoms with Gasteiger partial charge in [-0.15, -0.1) is 0 Å². The highest BCUT2D eigenvalue weighted by Crippen LogP contribution is 2.47. The van der Waals surface area contributed by atoms with Gasteiger partial charge >= 0.3 is 0 Å². The number of para-hydroxylation sites is 2. The first-order chi connectivity index (χ1) is 25.7. The van der Waals surface area contributed by atoms with E-state index >= 15 is 0 Å². The molecule has 0 saturated carbocycles. The lowest BCUT2D eigenvalue weighted by Crippen LogP contribution is -2.15. The molecule has 0 aliphatic carbocycles. The van der Waals surface area contributed by atoms with Crippen LogP contribution < -0.4 is 9.80 Å². The fraction of sp³-hybridized carbons (Fsp3) is 0.0400. The van der Waals surface area contributed by atoms with Gasteiger partial charge in [0.1, 0.15) is 0 Å². The average molecular weight is 669 g/mol. The topological polar surface area (TPSA) is 6.48 Å². The summed E-state index contributed by atoms with van der Waals surface area (Å²) in [6.45, 7) is 4.23. The third kappa shape index (κ3) is 6.51. The molecule has 0 aromatic heterocycles. The first kappa shape index (κ1) is 32.6. The second-order valence-corrected chi connectivity index (χ2v) is 13.1. The van der Waals surface area contributed by atoms with Crippen molar-refractivity contribution in [1.82, 2.24) is 0 Å². The van der Waals surface area contributed by atoms with E-state index in [4.69, 9.17) is 0 Å². The average Bonchev–Trinajstić information content (AvgIpc) is 3.20. The van der Waals surface area contributed by atoms with Crippen LogP contribution in [0, 0.1) is 6.92 Å². The number of hydrogen-bond donors (Lipinski definition) is 0. The van der Waals surface area contributed by atoms with E-state index in [-0.39, 0.29) is 0 Å². The van der Waals surface area contributed by atoms with Gasteiger partial charge in [0.2, 0.25) is 0 Å². The molecule has 8 rings (SSSR count). The van der Waals surface area contributed by atoms with E-state index in [9.17, 15) is 0 Å². The number of benzene rings is 8. The summed E-state index contributed by atoms with van der Waals surface area (Å²) in [5.41, 5.74) is 11.2. The summed E-state index contributed by atoms with van der Waals surface area (Å²) in [6.07, 6.45) is 8.88. The maximum absolute atomic E-state index is 2.42. The van der Waals surface area contributed by atoms with Crippen LogP contribution in [-0.2, 0) is 0 Å². The van der Waals surface area contributed by atoms with Gasteiger partial charge in [0, 0.05) is 33.3 Å². The SMILES string of the molecule is C/C=C/c1cc(N(c2ccccc2)c2cccc3ccccc23)c(/C=C/c2ccc(C)cc2)cc1N(c1ccccc1)c1cccc2ccccc12. The number of hydrogen-bond acceptors (Lipinski definition) is 2. The van der Waals surface area contributed by atoms with Gasteiger partial charge in [-0.25, -0.2) is 0 Å². The highest BCUT2D eigenvalue weighted by Gasteiger charge is 2.23. The molecule has 52 heavy (non-hydrogen) atoms. The summed E-state index contributed by atoms with van der Waals surface area (Å²) in [7, 11) is 0. The Hall–Kier alpha value is -6.64. The first-order valence-corrected chi connectivity index (χ1v) is 17.9. The number of allylic oxidation sites excluding steroid dienone is 1. The van der Waals surface area contributed by atoms with Crippen LogP contribution in [0.3, 0.4) is 0 Å². The van der Waals surface area contributed by atoms with Gasteiger partial charge in [0.25, 0.3) is 0 Å². The first-order valence-electron chi connectivity index (χ1n) is 17.9. The van der Waals surface area contributed by atoms with E-state index in [0.717, 1.165) is 50.8 Å². The number of fused-ring (bicyclic) bond motifs is 2. The van der Waals surface area contributed by atoms with E-state index in [1.807, 2.05) is 0 Å².